The van der Waals surface area contributed by atoms with Crippen LogP contribution in [0.15, 0.2) is 40.9 Å². The Bertz CT molecular complexity index is 903. The highest BCUT2D eigenvalue weighted by Crippen LogP contribution is 2.34. The van der Waals surface area contributed by atoms with E-state index in [9.17, 15) is 9.59 Å². The molecule has 124 valence electrons. The first-order chi connectivity index (χ1) is 11.6. The summed E-state index contributed by atoms with van der Waals surface area (Å²) in [6.45, 7) is 3.71. The lowest BCUT2D eigenvalue weighted by Gasteiger charge is -2.12. The quantitative estimate of drug-likeness (QED) is 0.561. The third-order valence-corrected chi connectivity index (χ3v) is 4.25. The predicted molar refractivity (Wildman–Crippen MR) is 90.5 cm³/mol. The number of aromatic amines is 1. The molecule has 0 aliphatic heterocycles. The highest BCUT2D eigenvalue weighted by molar-refractivity contribution is 5.98. The van der Waals surface area contributed by atoms with Crippen LogP contribution in [0.5, 0.6) is 0 Å². The highest BCUT2D eigenvalue weighted by atomic mass is 16.5. The van der Waals surface area contributed by atoms with Crippen molar-refractivity contribution in [2.75, 3.05) is 7.11 Å². The van der Waals surface area contributed by atoms with E-state index in [2.05, 4.69) is 4.98 Å². The van der Waals surface area contributed by atoms with E-state index in [0.717, 1.165) is 16.5 Å². The maximum absolute atomic E-state index is 12.1. The van der Waals surface area contributed by atoms with Crippen LogP contribution in [0.1, 0.15) is 58.4 Å². The molecule has 3 rings (SSSR count). The third-order valence-electron chi connectivity index (χ3n) is 4.25. The molecule has 5 nitrogen and oxygen atoms in total. The molecule has 1 aromatic carbocycles. The molecule has 0 saturated heterocycles. The number of esters is 1. The van der Waals surface area contributed by atoms with Gasteiger partial charge in [0.1, 0.15) is 11.3 Å². The summed E-state index contributed by atoms with van der Waals surface area (Å²) >= 11 is 0. The number of rotatable bonds is 5. The summed E-state index contributed by atoms with van der Waals surface area (Å²) in [5.41, 5.74) is 2.33. The summed E-state index contributed by atoms with van der Waals surface area (Å²) in [6.07, 6.45) is 2.19. The predicted octanol–water partition coefficient (Wildman–Crippen LogP) is 4.29. The number of methoxy groups -OCH3 is 1. The topological polar surface area (TPSA) is 72.3 Å². The van der Waals surface area contributed by atoms with Gasteiger partial charge in [-0.15, -0.1) is 0 Å². The monoisotopic (exact) mass is 325 g/mol. The number of furan rings is 1. The Hall–Kier alpha value is -2.82. The van der Waals surface area contributed by atoms with Crippen molar-refractivity contribution in [1.29, 1.82) is 0 Å². The molecule has 2 heterocycles. The normalized spacial score (nSPS) is 12.3. The van der Waals surface area contributed by atoms with Gasteiger partial charge < -0.3 is 14.1 Å². The molecule has 0 saturated carbocycles. The largest absolute Gasteiger partial charge is 0.465 e. The van der Waals surface area contributed by atoms with Crippen molar-refractivity contribution in [3.05, 3.63) is 59.2 Å². The summed E-state index contributed by atoms with van der Waals surface area (Å²) in [7, 11) is 1.32. The molecule has 0 aliphatic carbocycles. The van der Waals surface area contributed by atoms with Gasteiger partial charge in [-0.25, -0.2) is 4.79 Å². The van der Waals surface area contributed by atoms with Crippen LogP contribution in [0.3, 0.4) is 0 Å². The zero-order valence-corrected chi connectivity index (χ0v) is 13.9. The molecule has 1 N–H and O–H groups in total. The molecule has 2 aromatic heterocycles. The van der Waals surface area contributed by atoms with Crippen molar-refractivity contribution in [2.45, 2.75) is 26.2 Å². The Kier molecular flexibility index (Phi) is 4.25. The Balaban J connectivity index is 2.13. The zero-order chi connectivity index (χ0) is 17.3. The van der Waals surface area contributed by atoms with E-state index < -0.39 is 5.97 Å². The van der Waals surface area contributed by atoms with Gasteiger partial charge in [0.15, 0.2) is 11.5 Å². The minimum atomic E-state index is -0.503. The number of hydrogen-bond donors (Lipinski definition) is 1. The Labute approximate surface area is 139 Å². The number of carbonyl (C=O) groups is 2. The number of carbonyl (C=O) groups excluding carboxylic acids is 2. The maximum Gasteiger partial charge on any atom is 0.341 e. The van der Waals surface area contributed by atoms with Gasteiger partial charge in [0.25, 0.3) is 0 Å². The average Bonchev–Trinajstić information content (AvgIpc) is 3.26. The van der Waals surface area contributed by atoms with Crippen molar-refractivity contribution < 1.29 is 18.7 Å². The second-order valence-electron chi connectivity index (χ2n) is 5.66. The van der Waals surface area contributed by atoms with Crippen LogP contribution in [0, 0.1) is 0 Å². The molecule has 1 unspecified atom stereocenters. The van der Waals surface area contributed by atoms with Crippen LogP contribution in [0.2, 0.25) is 0 Å². The summed E-state index contributed by atoms with van der Waals surface area (Å²) in [6, 6.07) is 9.40. The number of ketones is 1. The van der Waals surface area contributed by atoms with Gasteiger partial charge in [0.2, 0.25) is 0 Å². The number of nitrogens with one attached hydrogen (secondary N) is 1. The van der Waals surface area contributed by atoms with Crippen LogP contribution in [0.25, 0.3) is 10.9 Å². The number of H-pyrrole nitrogens is 1. The van der Waals surface area contributed by atoms with E-state index in [-0.39, 0.29) is 17.5 Å². The molecule has 1 atom stereocenters. The maximum atomic E-state index is 12.1. The number of benzene rings is 1. The minimum absolute atomic E-state index is 0.140. The van der Waals surface area contributed by atoms with Crippen LogP contribution in [0.4, 0.5) is 0 Å². The second-order valence-corrected chi connectivity index (χ2v) is 5.66. The van der Waals surface area contributed by atoms with Gasteiger partial charge in [0, 0.05) is 35.5 Å². The summed E-state index contributed by atoms with van der Waals surface area (Å²) < 4.78 is 10.6. The molecule has 0 aliphatic rings. The summed E-state index contributed by atoms with van der Waals surface area (Å²) in [5.74, 6) is -0.194. The van der Waals surface area contributed by atoms with Crippen LogP contribution in [-0.2, 0) is 4.74 Å². The van der Waals surface area contributed by atoms with Gasteiger partial charge in [-0.05, 0) is 17.7 Å². The van der Waals surface area contributed by atoms with E-state index in [4.69, 9.17) is 9.15 Å². The standard InChI is InChI=1S/C19H19NO4/c1-4-16(21)17-10-14(19(22)23-3)18(24-17)11(2)12-6-5-7-15-13(12)8-9-20-15/h5-11,20H,4H2,1-3H3. The average molecular weight is 325 g/mol. The fraction of sp³-hybridized carbons (Fsp3) is 0.263. The number of aromatic nitrogens is 1. The van der Waals surface area contributed by atoms with Gasteiger partial charge in [-0.2, -0.15) is 0 Å². The Morgan fingerprint density at radius 2 is 2.08 bits per heavy atom. The van der Waals surface area contributed by atoms with Crippen molar-refractivity contribution >= 4 is 22.7 Å². The molecule has 0 spiro atoms. The Morgan fingerprint density at radius 3 is 2.79 bits per heavy atom. The lowest BCUT2D eigenvalue weighted by molar-refractivity contribution is 0.0597. The summed E-state index contributed by atoms with van der Waals surface area (Å²) in [5, 5.41) is 1.06. The molecule has 0 fully saturated rings. The molecule has 0 amide bonds. The smallest absolute Gasteiger partial charge is 0.341 e. The molecule has 0 radical (unpaired) electrons. The van der Waals surface area contributed by atoms with E-state index >= 15 is 0 Å². The van der Waals surface area contributed by atoms with E-state index in [0.29, 0.717) is 17.7 Å². The van der Waals surface area contributed by atoms with Crippen molar-refractivity contribution in [3.63, 3.8) is 0 Å². The number of hydrogen-bond acceptors (Lipinski definition) is 4. The number of Topliss-reactive ketones (excluding diaryl/α,β-unsaturated/α-hetero) is 1. The molecule has 5 heteroatoms. The molecule has 0 bridgehead atoms. The fourth-order valence-corrected chi connectivity index (χ4v) is 2.94. The molecular weight excluding hydrogens is 306 g/mol. The van der Waals surface area contributed by atoms with Crippen molar-refractivity contribution in [2.24, 2.45) is 0 Å². The van der Waals surface area contributed by atoms with E-state index in [1.54, 1.807) is 6.92 Å². The van der Waals surface area contributed by atoms with Crippen LogP contribution in [-0.4, -0.2) is 23.8 Å². The van der Waals surface area contributed by atoms with Crippen molar-refractivity contribution in [3.8, 4) is 0 Å². The lowest BCUT2D eigenvalue weighted by Crippen LogP contribution is -2.06. The summed E-state index contributed by atoms with van der Waals surface area (Å²) in [4.78, 5) is 27.2. The van der Waals surface area contributed by atoms with Crippen molar-refractivity contribution in [1.82, 2.24) is 4.98 Å². The van der Waals surface area contributed by atoms with E-state index in [1.807, 2.05) is 37.4 Å². The third kappa shape index (κ3) is 2.62. The highest BCUT2D eigenvalue weighted by Gasteiger charge is 2.26. The Morgan fingerprint density at radius 1 is 1.29 bits per heavy atom. The number of fused-ring (bicyclic) bond motifs is 1. The first-order valence-corrected chi connectivity index (χ1v) is 7.88. The van der Waals surface area contributed by atoms with Crippen LogP contribution < -0.4 is 0 Å². The van der Waals surface area contributed by atoms with Gasteiger partial charge in [0.05, 0.1) is 7.11 Å². The lowest BCUT2D eigenvalue weighted by atomic mass is 9.93. The molecular formula is C19H19NO4. The second kappa shape index (κ2) is 6.35. The molecule has 24 heavy (non-hydrogen) atoms. The number of ether oxygens (including phenoxy) is 1. The first kappa shape index (κ1) is 16.1. The SMILES string of the molecule is CCC(=O)c1cc(C(=O)OC)c(C(C)c2cccc3[nH]ccc23)o1. The fourth-order valence-electron chi connectivity index (χ4n) is 2.94. The van der Waals surface area contributed by atoms with E-state index in [1.165, 1.54) is 13.2 Å². The van der Waals surface area contributed by atoms with Gasteiger partial charge in [-0.1, -0.05) is 26.0 Å². The zero-order valence-electron chi connectivity index (χ0n) is 13.9. The van der Waals surface area contributed by atoms with Crippen LogP contribution >= 0.6 is 0 Å². The molecule has 3 aromatic rings. The minimum Gasteiger partial charge on any atom is -0.465 e. The van der Waals surface area contributed by atoms with Gasteiger partial charge >= 0.3 is 5.97 Å². The van der Waals surface area contributed by atoms with Gasteiger partial charge in [-0.3, -0.25) is 4.79 Å². The first-order valence-electron chi connectivity index (χ1n) is 7.88.